The van der Waals surface area contributed by atoms with E-state index in [4.69, 9.17) is 5.73 Å². The maximum atomic E-state index is 13.5. The molecular weight excluding hydrogens is 359 g/mol. The van der Waals surface area contributed by atoms with Crippen LogP contribution in [-0.4, -0.2) is 31.5 Å². The largest absolute Gasteiger partial charge is 0.366 e. The Bertz CT molecular complexity index is 1050. The van der Waals surface area contributed by atoms with Crippen molar-refractivity contribution in [3.63, 3.8) is 0 Å². The predicted molar refractivity (Wildman–Crippen MR) is 90.9 cm³/mol. The number of benzene rings is 2. The number of amides is 2. The number of aromatic nitrogens is 3. The number of nitro benzene ring substituents is 1. The Morgan fingerprint density at radius 2 is 2.00 bits per heavy atom. The summed E-state index contributed by atoms with van der Waals surface area (Å²) in [6.45, 7) is 0. The van der Waals surface area contributed by atoms with Crippen LogP contribution in [0.5, 0.6) is 0 Å². The first-order chi connectivity index (χ1) is 12.9. The van der Waals surface area contributed by atoms with Crippen LogP contribution in [0.25, 0.3) is 5.69 Å². The van der Waals surface area contributed by atoms with E-state index in [1.807, 2.05) is 0 Å². The standard InChI is InChI=1S/C16H11FN6O4/c17-12-3-2-10(6-11(12)15(18)24)21-16(25)9-1-4-13(14(5-9)23(26)27)22-8-19-7-20-22/h1-8H,(H2,18,24)(H,21,25). The van der Waals surface area contributed by atoms with E-state index >= 15 is 0 Å². The number of hydrogen-bond acceptors (Lipinski definition) is 6. The van der Waals surface area contributed by atoms with Gasteiger partial charge in [0.1, 0.15) is 24.2 Å². The van der Waals surface area contributed by atoms with Gasteiger partial charge in [-0.3, -0.25) is 19.7 Å². The van der Waals surface area contributed by atoms with Crippen LogP contribution in [0.4, 0.5) is 15.8 Å². The van der Waals surface area contributed by atoms with Crippen molar-refractivity contribution in [1.29, 1.82) is 0 Å². The molecule has 136 valence electrons. The zero-order valence-electron chi connectivity index (χ0n) is 13.5. The van der Waals surface area contributed by atoms with Gasteiger partial charge in [0.2, 0.25) is 0 Å². The molecule has 0 spiro atoms. The van der Waals surface area contributed by atoms with Gasteiger partial charge >= 0.3 is 0 Å². The molecule has 11 heteroatoms. The number of rotatable bonds is 5. The Kier molecular flexibility index (Phi) is 4.58. The lowest BCUT2D eigenvalue weighted by atomic mass is 10.1. The maximum absolute atomic E-state index is 13.5. The molecule has 0 unspecified atom stereocenters. The average Bonchev–Trinajstić information content (AvgIpc) is 3.17. The molecule has 0 bridgehead atoms. The number of nitro groups is 1. The molecule has 0 aliphatic carbocycles. The third-order valence-corrected chi connectivity index (χ3v) is 3.59. The first-order valence-corrected chi connectivity index (χ1v) is 7.41. The van der Waals surface area contributed by atoms with Gasteiger partial charge in [0.15, 0.2) is 0 Å². The Morgan fingerprint density at radius 1 is 1.22 bits per heavy atom. The van der Waals surface area contributed by atoms with Crippen molar-refractivity contribution < 1.29 is 18.9 Å². The lowest BCUT2D eigenvalue weighted by molar-refractivity contribution is -0.384. The van der Waals surface area contributed by atoms with Crippen LogP contribution >= 0.6 is 0 Å². The summed E-state index contributed by atoms with van der Waals surface area (Å²) >= 11 is 0. The van der Waals surface area contributed by atoms with Crippen molar-refractivity contribution in [1.82, 2.24) is 14.8 Å². The van der Waals surface area contributed by atoms with E-state index in [1.54, 1.807) is 0 Å². The molecule has 0 saturated carbocycles. The zero-order valence-corrected chi connectivity index (χ0v) is 13.5. The summed E-state index contributed by atoms with van der Waals surface area (Å²) in [5.41, 5.74) is 4.54. The molecule has 0 aliphatic rings. The second kappa shape index (κ2) is 7.00. The predicted octanol–water partition coefficient (Wildman–Crippen LogP) is 1.67. The van der Waals surface area contributed by atoms with Crippen molar-refractivity contribution in [3.05, 3.63) is 76.1 Å². The minimum Gasteiger partial charge on any atom is -0.366 e. The van der Waals surface area contributed by atoms with E-state index in [-0.39, 0.29) is 28.2 Å². The summed E-state index contributed by atoms with van der Waals surface area (Å²) in [5, 5.41) is 17.6. The molecule has 0 saturated heterocycles. The quantitative estimate of drug-likeness (QED) is 0.516. The van der Waals surface area contributed by atoms with Gasteiger partial charge in [-0.25, -0.2) is 14.1 Å². The first kappa shape index (κ1) is 17.7. The molecule has 0 fully saturated rings. The van der Waals surface area contributed by atoms with Gasteiger partial charge in [0, 0.05) is 17.3 Å². The number of halogens is 1. The van der Waals surface area contributed by atoms with Crippen molar-refractivity contribution >= 4 is 23.2 Å². The highest BCUT2D eigenvalue weighted by molar-refractivity contribution is 6.05. The summed E-state index contributed by atoms with van der Waals surface area (Å²) in [6.07, 6.45) is 2.50. The fraction of sp³-hybridized carbons (Fsp3) is 0. The topological polar surface area (TPSA) is 146 Å². The summed E-state index contributed by atoms with van der Waals surface area (Å²) in [5.74, 6) is -2.50. The number of nitrogens with zero attached hydrogens (tertiary/aromatic N) is 4. The van der Waals surface area contributed by atoms with Gasteiger partial charge in [-0.2, -0.15) is 5.10 Å². The highest BCUT2D eigenvalue weighted by atomic mass is 19.1. The second-order valence-electron chi connectivity index (χ2n) is 5.31. The van der Waals surface area contributed by atoms with Gasteiger partial charge in [0.25, 0.3) is 17.5 Å². The van der Waals surface area contributed by atoms with Crippen LogP contribution in [0, 0.1) is 15.9 Å². The van der Waals surface area contributed by atoms with Gasteiger partial charge < -0.3 is 11.1 Å². The number of nitrogens with two attached hydrogens (primary N) is 1. The van der Waals surface area contributed by atoms with Gasteiger partial charge in [-0.1, -0.05) is 0 Å². The number of primary amides is 1. The molecule has 1 heterocycles. The van der Waals surface area contributed by atoms with Crippen LogP contribution < -0.4 is 11.1 Å². The molecule has 0 aliphatic heterocycles. The zero-order chi connectivity index (χ0) is 19.6. The minimum atomic E-state index is -0.989. The van der Waals surface area contributed by atoms with Crippen molar-refractivity contribution in [2.45, 2.75) is 0 Å². The van der Waals surface area contributed by atoms with E-state index < -0.39 is 22.6 Å². The Morgan fingerprint density at radius 3 is 2.63 bits per heavy atom. The van der Waals surface area contributed by atoms with Crippen molar-refractivity contribution in [2.24, 2.45) is 5.73 Å². The third kappa shape index (κ3) is 3.61. The van der Waals surface area contributed by atoms with Crippen LogP contribution in [0.1, 0.15) is 20.7 Å². The molecule has 3 N–H and O–H groups in total. The molecule has 2 amide bonds. The molecule has 10 nitrogen and oxygen atoms in total. The Balaban J connectivity index is 1.91. The first-order valence-electron chi connectivity index (χ1n) is 7.41. The highest BCUT2D eigenvalue weighted by Crippen LogP contribution is 2.24. The van der Waals surface area contributed by atoms with E-state index in [0.717, 1.165) is 18.2 Å². The number of hydrogen-bond donors (Lipinski definition) is 2. The van der Waals surface area contributed by atoms with Crippen LogP contribution in [-0.2, 0) is 0 Å². The van der Waals surface area contributed by atoms with Crippen molar-refractivity contribution in [3.8, 4) is 5.69 Å². The SMILES string of the molecule is NC(=O)c1cc(NC(=O)c2ccc(-n3cncn3)c([N+](=O)[O-])c2)ccc1F. The number of carbonyl (C=O) groups is 2. The van der Waals surface area contributed by atoms with Crippen LogP contribution in [0.2, 0.25) is 0 Å². The molecule has 0 radical (unpaired) electrons. The fourth-order valence-electron chi connectivity index (χ4n) is 2.33. The second-order valence-corrected chi connectivity index (χ2v) is 5.31. The smallest absolute Gasteiger partial charge is 0.295 e. The summed E-state index contributed by atoms with van der Waals surface area (Å²) < 4.78 is 14.7. The summed E-state index contributed by atoms with van der Waals surface area (Å²) in [4.78, 5) is 37.9. The molecular formula is C16H11FN6O4. The Hall–Kier alpha value is -4.15. The van der Waals surface area contributed by atoms with Gasteiger partial charge in [-0.05, 0) is 30.3 Å². The number of anilines is 1. The third-order valence-electron chi connectivity index (χ3n) is 3.59. The van der Waals surface area contributed by atoms with E-state index in [2.05, 4.69) is 15.4 Å². The van der Waals surface area contributed by atoms with E-state index in [9.17, 15) is 24.1 Å². The molecule has 27 heavy (non-hydrogen) atoms. The minimum absolute atomic E-state index is 0.0180. The summed E-state index contributed by atoms with van der Waals surface area (Å²) in [6, 6.07) is 7.07. The lowest BCUT2D eigenvalue weighted by Gasteiger charge is -2.08. The molecule has 2 aromatic carbocycles. The Labute approximate surface area is 150 Å². The molecule has 3 aromatic rings. The van der Waals surface area contributed by atoms with Crippen molar-refractivity contribution in [2.75, 3.05) is 5.32 Å². The van der Waals surface area contributed by atoms with Gasteiger partial charge in [0.05, 0.1) is 10.5 Å². The molecule has 0 atom stereocenters. The fourth-order valence-corrected chi connectivity index (χ4v) is 2.33. The van der Waals surface area contributed by atoms with Gasteiger partial charge in [-0.15, -0.1) is 0 Å². The molecule has 3 rings (SSSR count). The number of carbonyl (C=O) groups excluding carboxylic acids is 2. The highest BCUT2D eigenvalue weighted by Gasteiger charge is 2.20. The monoisotopic (exact) mass is 370 g/mol. The van der Waals surface area contributed by atoms with Crippen LogP contribution in [0.15, 0.2) is 49.1 Å². The van der Waals surface area contributed by atoms with Crippen LogP contribution in [0.3, 0.4) is 0 Å². The lowest BCUT2D eigenvalue weighted by Crippen LogP contribution is -2.16. The average molecular weight is 370 g/mol. The normalized spacial score (nSPS) is 10.4. The maximum Gasteiger partial charge on any atom is 0.295 e. The van der Waals surface area contributed by atoms with E-state index in [0.29, 0.717) is 0 Å². The molecule has 1 aromatic heterocycles. The number of nitrogens with one attached hydrogen (secondary N) is 1. The van der Waals surface area contributed by atoms with E-state index in [1.165, 1.54) is 35.5 Å². The summed E-state index contributed by atoms with van der Waals surface area (Å²) in [7, 11) is 0.